The van der Waals surface area contributed by atoms with Gasteiger partial charge in [0.2, 0.25) is 0 Å². The minimum Gasteiger partial charge on any atom is -0.423 e. The van der Waals surface area contributed by atoms with Crippen LogP contribution in [0.15, 0.2) is 54.6 Å². The van der Waals surface area contributed by atoms with Gasteiger partial charge in [-0.3, -0.25) is 0 Å². The first kappa shape index (κ1) is 12.9. The molecule has 0 N–H and O–H groups in total. The van der Waals surface area contributed by atoms with Crippen molar-refractivity contribution in [2.24, 2.45) is 0 Å². The monoisotopic (exact) mass is 268 g/mol. The van der Waals surface area contributed by atoms with Crippen molar-refractivity contribution in [3.05, 3.63) is 65.7 Å². The topological polar surface area (TPSA) is 38.8 Å². The molecule has 0 aliphatic carbocycles. The Morgan fingerprint density at radius 1 is 1.10 bits per heavy atom. The van der Waals surface area contributed by atoms with Crippen molar-refractivity contribution in [1.82, 2.24) is 0 Å². The maximum absolute atomic E-state index is 12.0. The quantitative estimate of drug-likeness (QED) is 0.485. The molecule has 2 aromatic rings. The van der Waals surface area contributed by atoms with Gasteiger partial charge in [0.25, 0.3) is 0 Å². The van der Waals surface area contributed by atoms with Crippen molar-refractivity contribution >= 4 is 5.97 Å². The van der Waals surface area contributed by atoms with Gasteiger partial charge in [0.15, 0.2) is 0 Å². The highest BCUT2D eigenvalue weighted by molar-refractivity contribution is 5.91. The molecule has 1 aliphatic heterocycles. The molecule has 0 bridgehead atoms. The first-order valence-corrected chi connectivity index (χ1v) is 6.74. The second-order valence-corrected chi connectivity index (χ2v) is 4.98. The van der Waals surface area contributed by atoms with Gasteiger partial charge in [0.05, 0.1) is 17.8 Å². The molecule has 1 aliphatic rings. The molecule has 3 nitrogen and oxygen atoms in total. The van der Waals surface area contributed by atoms with Crippen molar-refractivity contribution in [3.8, 4) is 5.75 Å². The zero-order chi connectivity index (χ0) is 13.9. The molecular formula is C17H16O3. The van der Waals surface area contributed by atoms with E-state index < -0.39 is 0 Å². The molecular weight excluding hydrogens is 252 g/mol. The number of carbonyl (C=O) groups excluding carboxylic acids is 1. The summed E-state index contributed by atoms with van der Waals surface area (Å²) in [6.07, 6.45) is 1.59. The molecule has 0 aromatic heterocycles. The Morgan fingerprint density at radius 2 is 1.75 bits per heavy atom. The van der Waals surface area contributed by atoms with Crippen molar-refractivity contribution in [3.63, 3.8) is 0 Å². The van der Waals surface area contributed by atoms with Gasteiger partial charge in [-0.25, -0.2) is 4.79 Å². The normalized spacial score (nSPS) is 20.4. The van der Waals surface area contributed by atoms with Crippen LogP contribution < -0.4 is 4.74 Å². The Labute approximate surface area is 118 Å². The van der Waals surface area contributed by atoms with E-state index in [1.807, 2.05) is 30.3 Å². The molecule has 3 heteroatoms. The van der Waals surface area contributed by atoms with E-state index >= 15 is 0 Å². The SMILES string of the molecule is CC1OC1Cc1ccc(C(=O)Oc2ccccc2)cc1. The smallest absolute Gasteiger partial charge is 0.343 e. The molecule has 1 saturated heterocycles. The Balaban J connectivity index is 1.63. The van der Waals surface area contributed by atoms with Gasteiger partial charge >= 0.3 is 5.97 Å². The van der Waals surface area contributed by atoms with Crippen LogP contribution in [0, 0.1) is 0 Å². The summed E-state index contributed by atoms with van der Waals surface area (Å²) in [4.78, 5) is 12.0. The van der Waals surface area contributed by atoms with E-state index in [9.17, 15) is 4.79 Å². The van der Waals surface area contributed by atoms with Crippen LogP contribution in [0.3, 0.4) is 0 Å². The van der Waals surface area contributed by atoms with Crippen LogP contribution in [0.1, 0.15) is 22.8 Å². The first-order chi connectivity index (χ1) is 9.72. The maximum atomic E-state index is 12.0. The van der Waals surface area contributed by atoms with Crippen molar-refractivity contribution < 1.29 is 14.3 Å². The number of hydrogen-bond donors (Lipinski definition) is 0. The van der Waals surface area contributed by atoms with Gasteiger partial charge in [-0.2, -0.15) is 0 Å². The van der Waals surface area contributed by atoms with Gasteiger partial charge in [-0.1, -0.05) is 30.3 Å². The van der Waals surface area contributed by atoms with Gasteiger partial charge in [-0.15, -0.1) is 0 Å². The van der Waals surface area contributed by atoms with Crippen molar-refractivity contribution in [2.45, 2.75) is 25.6 Å². The number of para-hydroxylation sites is 1. The Bertz CT molecular complexity index is 589. The zero-order valence-electron chi connectivity index (χ0n) is 11.3. The Morgan fingerprint density at radius 3 is 2.35 bits per heavy atom. The standard InChI is InChI=1S/C17H16O3/c1-12-16(19-12)11-13-7-9-14(10-8-13)17(18)20-15-5-3-2-4-6-15/h2-10,12,16H,11H2,1H3. The third-order valence-electron chi connectivity index (χ3n) is 3.42. The fourth-order valence-electron chi connectivity index (χ4n) is 2.11. The van der Waals surface area contributed by atoms with Crippen LogP contribution in [0.2, 0.25) is 0 Å². The fourth-order valence-corrected chi connectivity index (χ4v) is 2.11. The molecule has 3 rings (SSSR count). The Hall–Kier alpha value is -2.13. The van der Waals surface area contributed by atoms with E-state index in [1.54, 1.807) is 24.3 Å². The third kappa shape index (κ3) is 3.06. The average Bonchev–Trinajstić information content (AvgIpc) is 3.16. The van der Waals surface area contributed by atoms with E-state index in [2.05, 4.69) is 6.92 Å². The van der Waals surface area contributed by atoms with E-state index in [0.717, 1.165) is 6.42 Å². The highest BCUT2D eigenvalue weighted by atomic mass is 16.6. The lowest BCUT2D eigenvalue weighted by Gasteiger charge is -2.05. The average molecular weight is 268 g/mol. The number of epoxide rings is 1. The molecule has 2 aromatic carbocycles. The zero-order valence-corrected chi connectivity index (χ0v) is 11.3. The highest BCUT2D eigenvalue weighted by Crippen LogP contribution is 2.25. The minimum atomic E-state index is -0.334. The maximum Gasteiger partial charge on any atom is 0.343 e. The van der Waals surface area contributed by atoms with Crippen LogP contribution in [-0.4, -0.2) is 18.2 Å². The van der Waals surface area contributed by atoms with Gasteiger partial charge < -0.3 is 9.47 Å². The van der Waals surface area contributed by atoms with E-state index in [0.29, 0.717) is 23.5 Å². The number of benzene rings is 2. The molecule has 2 unspecified atom stereocenters. The van der Waals surface area contributed by atoms with Gasteiger partial charge in [-0.05, 0) is 36.8 Å². The molecule has 0 spiro atoms. The number of esters is 1. The summed E-state index contributed by atoms with van der Waals surface area (Å²) in [6, 6.07) is 16.6. The van der Waals surface area contributed by atoms with Crippen LogP contribution in [0.5, 0.6) is 5.75 Å². The molecule has 2 atom stereocenters. The molecule has 1 heterocycles. The first-order valence-electron chi connectivity index (χ1n) is 6.74. The molecule has 0 saturated carbocycles. The highest BCUT2D eigenvalue weighted by Gasteiger charge is 2.33. The van der Waals surface area contributed by atoms with Crippen LogP contribution >= 0.6 is 0 Å². The number of hydrogen-bond acceptors (Lipinski definition) is 3. The largest absolute Gasteiger partial charge is 0.423 e. The molecule has 1 fully saturated rings. The lowest BCUT2D eigenvalue weighted by molar-refractivity contribution is 0.0735. The number of rotatable bonds is 4. The molecule has 0 radical (unpaired) electrons. The lowest BCUT2D eigenvalue weighted by atomic mass is 10.1. The molecule has 20 heavy (non-hydrogen) atoms. The summed E-state index contributed by atoms with van der Waals surface area (Å²) in [7, 11) is 0. The summed E-state index contributed by atoms with van der Waals surface area (Å²) in [5, 5.41) is 0. The second-order valence-electron chi connectivity index (χ2n) is 4.98. The van der Waals surface area contributed by atoms with E-state index in [4.69, 9.17) is 9.47 Å². The van der Waals surface area contributed by atoms with Crippen molar-refractivity contribution in [1.29, 1.82) is 0 Å². The summed E-state index contributed by atoms with van der Waals surface area (Å²) in [5.41, 5.74) is 1.73. The summed E-state index contributed by atoms with van der Waals surface area (Å²) in [5.74, 6) is 0.223. The van der Waals surface area contributed by atoms with E-state index in [1.165, 1.54) is 5.56 Å². The van der Waals surface area contributed by atoms with E-state index in [-0.39, 0.29) is 5.97 Å². The number of carbonyl (C=O) groups is 1. The minimum absolute atomic E-state index is 0.331. The second kappa shape index (κ2) is 5.47. The van der Waals surface area contributed by atoms with Crippen LogP contribution in [-0.2, 0) is 11.2 Å². The number of ether oxygens (including phenoxy) is 2. The molecule has 0 amide bonds. The molecule has 102 valence electrons. The van der Waals surface area contributed by atoms with Gasteiger partial charge in [0.1, 0.15) is 5.75 Å². The predicted octanol–water partition coefficient (Wildman–Crippen LogP) is 3.24. The summed E-state index contributed by atoms with van der Waals surface area (Å²) in [6.45, 7) is 2.07. The summed E-state index contributed by atoms with van der Waals surface area (Å²) < 4.78 is 10.7. The summed E-state index contributed by atoms with van der Waals surface area (Å²) >= 11 is 0. The van der Waals surface area contributed by atoms with Crippen molar-refractivity contribution in [2.75, 3.05) is 0 Å². The predicted molar refractivity (Wildman–Crippen MR) is 75.9 cm³/mol. The Kier molecular flexibility index (Phi) is 3.52. The third-order valence-corrected chi connectivity index (χ3v) is 3.42. The van der Waals surface area contributed by atoms with Crippen LogP contribution in [0.4, 0.5) is 0 Å². The van der Waals surface area contributed by atoms with Crippen LogP contribution in [0.25, 0.3) is 0 Å². The fraction of sp³-hybridized carbons (Fsp3) is 0.235. The lowest BCUT2D eigenvalue weighted by Crippen LogP contribution is -2.08. The van der Waals surface area contributed by atoms with Gasteiger partial charge in [0, 0.05) is 6.42 Å².